The van der Waals surface area contributed by atoms with E-state index in [0.29, 0.717) is 25.3 Å². The maximum Gasteiger partial charge on any atom is 0.146 e. The van der Waals surface area contributed by atoms with E-state index in [1.807, 2.05) is 48.5 Å². The second-order valence-electron chi connectivity index (χ2n) is 8.38. The number of benzene rings is 4. The van der Waals surface area contributed by atoms with E-state index in [1.54, 1.807) is 18.2 Å². The van der Waals surface area contributed by atoms with Gasteiger partial charge in [0, 0.05) is 6.54 Å². The van der Waals surface area contributed by atoms with Crippen LogP contribution in [-0.2, 0) is 19.4 Å². The number of rotatable bonds is 6. The molecule has 0 radical (unpaired) electrons. The largest absolute Gasteiger partial charge is 0.489 e. The summed E-state index contributed by atoms with van der Waals surface area (Å²) in [6.07, 6.45) is 1.46. The average molecular weight is 442 g/mol. The molecule has 0 N–H and O–H groups in total. The molecular formula is C29H25F2NO. The monoisotopic (exact) mass is 441 g/mol. The normalized spacial score (nSPS) is 15.2. The van der Waals surface area contributed by atoms with E-state index in [2.05, 4.69) is 17.0 Å². The summed E-state index contributed by atoms with van der Waals surface area (Å²) in [6, 6.07) is 29.7. The van der Waals surface area contributed by atoms with E-state index in [9.17, 15) is 8.78 Å². The fourth-order valence-electron chi connectivity index (χ4n) is 4.56. The number of nitrogens with zero attached hydrogens (tertiary/aromatic N) is 1. The highest BCUT2D eigenvalue weighted by Gasteiger charge is 2.29. The number of anilines is 1. The lowest BCUT2D eigenvalue weighted by Crippen LogP contribution is -2.37. The summed E-state index contributed by atoms with van der Waals surface area (Å²) < 4.78 is 34.2. The van der Waals surface area contributed by atoms with Crippen molar-refractivity contribution in [1.29, 1.82) is 0 Å². The fourth-order valence-corrected chi connectivity index (χ4v) is 4.56. The van der Waals surface area contributed by atoms with Gasteiger partial charge in [-0.25, -0.2) is 8.78 Å². The number of para-hydroxylation sites is 1. The van der Waals surface area contributed by atoms with Gasteiger partial charge < -0.3 is 9.64 Å². The van der Waals surface area contributed by atoms with Gasteiger partial charge >= 0.3 is 0 Å². The molecule has 0 amide bonds. The highest BCUT2D eigenvalue weighted by Crippen LogP contribution is 2.38. The minimum absolute atomic E-state index is 0.0562. The van der Waals surface area contributed by atoms with Crippen molar-refractivity contribution in [3.8, 4) is 5.75 Å². The topological polar surface area (TPSA) is 12.5 Å². The van der Waals surface area contributed by atoms with Crippen LogP contribution in [0.25, 0.3) is 0 Å². The van der Waals surface area contributed by atoms with Gasteiger partial charge in [0.05, 0.1) is 11.7 Å². The standard InChI is InChI=1S/C29H25F2NO/c30-24-12-10-21(11-13-24)18-29-26-15-14-25(33-20-22-6-2-1-3-7-22)19-23(26)16-17-32(29)28-9-5-4-8-27(28)31/h1-15,19,29H,16-18,20H2. The van der Waals surface area contributed by atoms with Crippen LogP contribution in [0.1, 0.15) is 28.3 Å². The van der Waals surface area contributed by atoms with Crippen LogP contribution < -0.4 is 9.64 Å². The van der Waals surface area contributed by atoms with Crippen molar-refractivity contribution in [2.24, 2.45) is 0 Å². The molecule has 1 atom stereocenters. The third-order valence-corrected chi connectivity index (χ3v) is 6.22. The molecule has 0 aromatic heterocycles. The van der Waals surface area contributed by atoms with Crippen LogP contribution in [-0.4, -0.2) is 6.54 Å². The van der Waals surface area contributed by atoms with E-state index in [-0.39, 0.29) is 17.7 Å². The number of hydrogen-bond donors (Lipinski definition) is 0. The van der Waals surface area contributed by atoms with Gasteiger partial charge in [0.25, 0.3) is 0 Å². The Morgan fingerprint density at radius 3 is 2.33 bits per heavy atom. The van der Waals surface area contributed by atoms with Gasteiger partial charge in [0.1, 0.15) is 24.0 Å². The van der Waals surface area contributed by atoms with Crippen LogP contribution in [0.2, 0.25) is 0 Å². The first-order chi connectivity index (χ1) is 16.2. The Labute approximate surface area is 193 Å². The molecule has 0 saturated carbocycles. The molecule has 0 saturated heterocycles. The first-order valence-corrected chi connectivity index (χ1v) is 11.2. The number of fused-ring (bicyclic) bond motifs is 1. The molecule has 0 bridgehead atoms. The predicted octanol–water partition coefficient (Wildman–Crippen LogP) is 6.89. The Hall–Kier alpha value is -3.66. The van der Waals surface area contributed by atoms with Gasteiger partial charge in [0.15, 0.2) is 0 Å². The Balaban J connectivity index is 1.45. The second kappa shape index (κ2) is 9.45. The number of ether oxygens (including phenoxy) is 1. The molecular weight excluding hydrogens is 416 g/mol. The predicted molar refractivity (Wildman–Crippen MR) is 128 cm³/mol. The molecule has 5 rings (SSSR count). The Morgan fingerprint density at radius 2 is 1.55 bits per heavy atom. The SMILES string of the molecule is Fc1ccc(CC2c3ccc(OCc4ccccc4)cc3CCN2c2ccccc2F)cc1. The molecule has 1 aliphatic rings. The molecule has 4 heteroatoms. The number of halogens is 2. The minimum Gasteiger partial charge on any atom is -0.489 e. The van der Waals surface area contributed by atoms with E-state index in [1.165, 1.54) is 23.8 Å². The van der Waals surface area contributed by atoms with Crippen LogP contribution in [0.15, 0.2) is 97.1 Å². The van der Waals surface area contributed by atoms with E-state index >= 15 is 0 Å². The summed E-state index contributed by atoms with van der Waals surface area (Å²) in [7, 11) is 0. The van der Waals surface area contributed by atoms with Gasteiger partial charge in [0.2, 0.25) is 0 Å². The third kappa shape index (κ3) is 4.75. The summed E-state index contributed by atoms with van der Waals surface area (Å²) in [5, 5.41) is 0. The molecule has 0 fully saturated rings. The second-order valence-corrected chi connectivity index (χ2v) is 8.38. The highest BCUT2D eigenvalue weighted by molar-refractivity contribution is 5.54. The summed E-state index contributed by atoms with van der Waals surface area (Å²) in [5.41, 5.74) is 5.09. The third-order valence-electron chi connectivity index (χ3n) is 6.22. The Morgan fingerprint density at radius 1 is 0.788 bits per heavy atom. The summed E-state index contributed by atoms with van der Waals surface area (Å²) in [5.74, 6) is 0.347. The van der Waals surface area contributed by atoms with Crippen molar-refractivity contribution in [1.82, 2.24) is 0 Å². The van der Waals surface area contributed by atoms with Crippen molar-refractivity contribution in [3.63, 3.8) is 0 Å². The summed E-state index contributed by atoms with van der Waals surface area (Å²) in [4.78, 5) is 2.13. The fraction of sp³-hybridized carbons (Fsp3) is 0.172. The molecule has 166 valence electrons. The molecule has 1 aliphatic heterocycles. The molecule has 4 aromatic carbocycles. The van der Waals surface area contributed by atoms with Crippen molar-refractivity contribution in [2.45, 2.75) is 25.5 Å². The lowest BCUT2D eigenvalue weighted by molar-refractivity contribution is 0.305. The first-order valence-electron chi connectivity index (χ1n) is 11.2. The van der Waals surface area contributed by atoms with Crippen LogP contribution in [0.3, 0.4) is 0 Å². The van der Waals surface area contributed by atoms with Gasteiger partial charge in [-0.1, -0.05) is 60.7 Å². The molecule has 0 aliphatic carbocycles. The van der Waals surface area contributed by atoms with Crippen LogP contribution in [0, 0.1) is 11.6 Å². The zero-order chi connectivity index (χ0) is 22.6. The van der Waals surface area contributed by atoms with Crippen LogP contribution >= 0.6 is 0 Å². The first kappa shape index (κ1) is 21.2. The molecule has 1 unspecified atom stereocenters. The van der Waals surface area contributed by atoms with Gasteiger partial charge in [-0.05, 0) is 71.5 Å². The summed E-state index contributed by atoms with van der Waals surface area (Å²) >= 11 is 0. The summed E-state index contributed by atoms with van der Waals surface area (Å²) in [6.45, 7) is 1.21. The maximum absolute atomic E-state index is 14.7. The van der Waals surface area contributed by atoms with Gasteiger partial charge in [-0.3, -0.25) is 0 Å². The molecule has 0 spiro atoms. The highest BCUT2D eigenvalue weighted by atomic mass is 19.1. The Bertz CT molecular complexity index is 1220. The van der Waals surface area contributed by atoms with E-state index in [4.69, 9.17) is 4.74 Å². The minimum atomic E-state index is -0.256. The lowest BCUT2D eigenvalue weighted by Gasteiger charge is -2.39. The van der Waals surface area contributed by atoms with Crippen LogP contribution in [0.5, 0.6) is 5.75 Å². The maximum atomic E-state index is 14.7. The van der Waals surface area contributed by atoms with Crippen molar-refractivity contribution >= 4 is 5.69 Å². The van der Waals surface area contributed by atoms with Crippen molar-refractivity contribution in [3.05, 3.63) is 131 Å². The molecule has 4 aromatic rings. The molecule has 2 nitrogen and oxygen atoms in total. The lowest BCUT2D eigenvalue weighted by atomic mass is 9.88. The van der Waals surface area contributed by atoms with Gasteiger partial charge in [-0.15, -0.1) is 0 Å². The Kier molecular flexibility index (Phi) is 6.07. The van der Waals surface area contributed by atoms with Crippen molar-refractivity contribution in [2.75, 3.05) is 11.4 Å². The average Bonchev–Trinajstić information content (AvgIpc) is 2.85. The number of hydrogen-bond acceptors (Lipinski definition) is 2. The van der Waals surface area contributed by atoms with Gasteiger partial charge in [-0.2, -0.15) is 0 Å². The molecule has 33 heavy (non-hydrogen) atoms. The quantitative estimate of drug-likeness (QED) is 0.323. The van der Waals surface area contributed by atoms with E-state index in [0.717, 1.165) is 28.9 Å². The van der Waals surface area contributed by atoms with Crippen LogP contribution in [0.4, 0.5) is 14.5 Å². The molecule has 1 heterocycles. The smallest absolute Gasteiger partial charge is 0.146 e. The van der Waals surface area contributed by atoms with E-state index < -0.39 is 0 Å². The zero-order valence-electron chi connectivity index (χ0n) is 18.3. The van der Waals surface area contributed by atoms with Crippen molar-refractivity contribution < 1.29 is 13.5 Å². The zero-order valence-corrected chi connectivity index (χ0v) is 18.3.